The second-order valence-corrected chi connectivity index (χ2v) is 8.89. The number of aryl methyl sites for hydroxylation is 1. The molecule has 1 aliphatic carbocycles. The van der Waals surface area contributed by atoms with Crippen molar-refractivity contribution in [3.63, 3.8) is 0 Å². The number of benzene rings is 1. The molecule has 3 rings (SSSR count). The van der Waals surface area contributed by atoms with Crippen molar-refractivity contribution in [2.75, 3.05) is 13.1 Å². The summed E-state index contributed by atoms with van der Waals surface area (Å²) in [4.78, 5) is 14.7. The molecule has 7 heteroatoms. The summed E-state index contributed by atoms with van der Waals surface area (Å²) in [6, 6.07) is 5.09. The van der Waals surface area contributed by atoms with Gasteiger partial charge >= 0.3 is 0 Å². The van der Waals surface area contributed by atoms with Crippen molar-refractivity contribution in [1.29, 1.82) is 0 Å². The molecule has 0 radical (unpaired) electrons. The summed E-state index contributed by atoms with van der Waals surface area (Å²) in [7, 11) is -3.61. The first-order valence-corrected chi connectivity index (χ1v) is 10.5. The third-order valence-electron chi connectivity index (χ3n) is 5.23. The number of amides is 1. The van der Waals surface area contributed by atoms with Crippen LogP contribution < -0.4 is 10.5 Å². The van der Waals surface area contributed by atoms with E-state index < -0.39 is 10.0 Å². The Morgan fingerprint density at radius 2 is 1.80 bits per heavy atom. The van der Waals surface area contributed by atoms with E-state index >= 15 is 0 Å². The van der Waals surface area contributed by atoms with E-state index in [1.807, 2.05) is 0 Å². The molecule has 1 aliphatic heterocycles. The molecule has 0 bridgehead atoms. The van der Waals surface area contributed by atoms with Gasteiger partial charge in [0.1, 0.15) is 0 Å². The minimum absolute atomic E-state index is 0.00680. The monoisotopic (exact) mass is 365 g/mol. The summed E-state index contributed by atoms with van der Waals surface area (Å²) in [6.45, 7) is 3.00. The van der Waals surface area contributed by atoms with Crippen LogP contribution in [0.5, 0.6) is 0 Å². The number of nitrogens with two attached hydrogens (primary N) is 1. The number of carbonyl (C=O) groups excluding carboxylic acids is 1. The largest absolute Gasteiger partial charge is 0.339 e. The van der Waals surface area contributed by atoms with Gasteiger partial charge in [0, 0.05) is 30.7 Å². The van der Waals surface area contributed by atoms with Gasteiger partial charge in [0.05, 0.1) is 4.90 Å². The average molecular weight is 365 g/mol. The van der Waals surface area contributed by atoms with E-state index in [2.05, 4.69) is 4.72 Å². The fourth-order valence-electron chi connectivity index (χ4n) is 3.63. The number of piperidine rings is 1. The van der Waals surface area contributed by atoms with Gasteiger partial charge in [0.15, 0.2) is 0 Å². The van der Waals surface area contributed by atoms with Crippen LogP contribution in [0.25, 0.3) is 0 Å². The van der Waals surface area contributed by atoms with Gasteiger partial charge in [-0.1, -0.05) is 18.9 Å². The van der Waals surface area contributed by atoms with Gasteiger partial charge in [-0.2, -0.15) is 0 Å². The highest BCUT2D eigenvalue weighted by Gasteiger charge is 2.27. The minimum Gasteiger partial charge on any atom is -0.339 e. The predicted octanol–water partition coefficient (Wildman–Crippen LogP) is 1.78. The molecule has 2 aliphatic rings. The van der Waals surface area contributed by atoms with Crippen LogP contribution >= 0.6 is 0 Å². The van der Waals surface area contributed by atoms with E-state index in [0.29, 0.717) is 24.2 Å². The molecule has 0 aromatic heterocycles. The molecule has 1 saturated carbocycles. The highest BCUT2D eigenvalue weighted by atomic mass is 32.2. The van der Waals surface area contributed by atoms with Crippen LogP contribution in [0.2, 0.25) is 0 Å². The normalized spacial score (nSPS) is 20.2. The summed E-state index contributed by atoms with van der Waals surface area (Å²) >= 11 is 0. The number of sulfonamides is 1. The quantitative estimate of drug-likeness (QED) is 0.851. The van der Waals surface area contributed by atoms with Crippen molar-refractivity contribution in [2.45, 2.75) is 62.4 Å². The lowest BCUT2D eigenvalue weighted by molar-refractivity contribution is 0.0714. The third kappa shape index (κ3) is 4.22. The Morgan fingerprint density at radius 1 is 1.16 bits per heavy atom. The molecule has 1 saturated heterocycles. The van der Waals surface area contributed by atoms with Gasteiger partial charge in [-0.15, -0.1) is 0 Å². The second kappa shape index (κ2) is 7.43. The molecule has 6 nitrogen and oxygen atoms in total. The van der Waals surface area contributed by atoms with E-state index in [4.69, 9.17) is 5.73 Å². The Morgan fingerprint density at radius 3 is 2.44 bits per heavy atom. The Labute approximate surface area is 149 Å². The summed E-state index contributed by atoms with van der Waals surface area (Å²) in [5.74, 6) is -0.121. The number of rotatable bonds is 4. The summed E-state index contributed by atoms with van der Waals surface area (Å²) in [6.07, 6.45) is 5.44. The molecule has 25 heavy (non-hydrogen) atoms. The van der Waals surface area contributed by atoms with Gasteiger partial charge < -0.3 is 10.6 Å². The van der Waals surface area contributed by atoms with Crippen LogP contribution in [-0.4, -0.2) is 44.4 Å². The molecule has 0 atom stereocenters. The maximum absolute atomic E-state index is 12.8. The van der Waals surface area contributed by atoms with Crippen molar-refractivity contribution in [2.24, 2.45) is 5.73 Å². The number of carbonyl (C=O) groups is 1. The molecule has 1 heterocycles. The molecule has 0 unspecified atom stereocenters. The number of hydrogen-bond acceptors (Lipinski definition) is 4. The van der Waals surface area contributed by atoms with Crippen molar-refractivity contribution >= 4 is 15.9 Å². The highest BCUT2D eigenvalue weighted by molar-refractivity contribution is 7.89. The maximum atomic E-state index is 12.8. The van der Waals surface area contributed by atoms with E-state index in [9.17, 15) is 13.2 Å². The first kappa shape index (κ1) is 18.4. The lowest BCUT2D eigenvalue weighted by atomic mass is 10.0. The number of nitrogens with zero attached hydrogens (tertiary/aromatic N) is 1. The van der Waals surface area contributed by atoms with Crippen LogP contribution in [-0.2, 0) is 10.0 Å². The molecule has 2 fully saturated rings. The number of hydrogen-bond donors (Lipinski definition) is 2. The van der Waals surface area contributed by atoms with Crippen molar-refractivity contribution in [1.82, 2.24) is 9.62 Å². The van der Waals surface area contributed by atoms with Gasteiger partial charge in [-0.25, -0.2) is 13.1 Å². The Hall–Kier alpha value is -1.44. The van der Waals surface area contributed by atoms with Crippen LogP contribution in [0.15, 0.2) is 23.1 Å². The lowest BCUT2D eigenvalue weighted by Gasteiger charge is -2.30. The van der Waals surface area contributed by atoms with Crippen LogP contribution in [0.3, 0.4) is 0 Å². The third-order valence-corrected chi connectivity index (χ3v) is 6.89. The second-order valence-electron chi connectivity index (χ2n) is 7.21. The fraction of sp³-hybridized carbons (Fsp3) is 0.611. The highest BCUT2D eigenvalue weighted by Crippen LogP contribution is 2.23. The fourth-order valence-corrected chi connectivity index (χ4v) is 5.21. The molecule has 138 valence electrons. The predicted molar refractivity (Wildman–Crippen MR) is 96.9 cm³/mol. The molecule has 1 amide bonds. The zero-order chi connectivity index (χ0) is 18.0. The van der Waals surface area contributed by atoms with Crippen LogP contribution in [0, 0.1) is 6.92 Å². The molecule has 1 aromatic rings. The Balaban J connectivity index is 1.81. The van der Waals surface area contributed by atoms with E-state index in [-0.39, 0.29) is 22.9 Å². The average Bonchev–Trinajstić information content (AvgIpc) is 3.07. The van der Waals surface area contributed by atoms with Crippen molar-refractivity contribution < 1.29 is 13.2 Å². The van der Waals surface area contributed by atoms with Crippen molar-refractivity contribution in [3.8, 4) is 0 Å². The van der Waals surface area contributed by atoms with Crippen LogP contribution in [0.1, 0.15) is 54.4 Å². The number of nitrogens with one attached hydrogen (secondary N) is 1. The summed E-state index contributed by atoms with van der Waals surface area (Å²) in [5, 5.41) is 0. The number of likely N-dealkylation sites (tertiary alicyclic amines) is 1. The molecule has 1 aromatic carbocycles. The van der Waals surface area contributed by atoms with E-state index in [1.54, 1.807) is 24.0 Å². The summed E-state index contributed by atoms with van der Waals surface area (Å²) in [5.41, 5.74) is 6.97. The standard InChI is InChI=1S/C18H27N3O3S/c1-13-6-7-14(18(22)21-10-8-15(19)9-11-21)12-17(13)25(23,24)20-16-4-2-3-5-16/h6-7,12,15-16,20H,2-5,8-11,19H2,1H3. The Bertz CT molecular complexity index is 734. The molecule has 3 N–H and O–H groups in total. The topological polar surface area (TPSA) is 92.5 Å². The smallest absolute Gasteiger partial charge is 0.253 e. The molecular formula is C18H27N3O3S. The van der Waals surface area contributed by atoms with Gasteiger partial charge in [0.2, 0.25) is 10.0 Å². The Kier molecular flexibility index (Phi) is 5.46. The maximum Gasteiger partial charge on any atom is 0.253 e. The van der Waals surface area contributed by atoms with Gasteiger partial charge in [-0.05, 0) is 50.3 Å². The molecular weight excluding hydrogens is 338 g/mol. The SMILES string of the molecule is Cc1ccc(C(=O)N2CCC(N)CC2)cc1S(=O)(=O)NC1CCCC1. The van der Waals surface area contributed by atoms with Gasteiger partial charge in [0.25, 0.3) is 5.91 Å². The first-order chi connectivity index (χ1) is 11.9. The summed E-state index contributed by atoms with van der Waals surface area (Å²) < 4.78 is 28.3. The van der Waals surface area contributed by atoms with Crippen LogP contribution in [0.4, 0.5) is 0 Å². The zero-order valence-electron chi connectivity index (χ0n) is 14.7. The molecule has 0 spiro atoms. The zero-order valence-corrected chi connectivity index (χ0v) is 15.5. The minimum atomic E-state index is -3.61. The van der Waals surface area contributed by atoms with Crippen molar-refractivity contribution in [3.05, 3.63) is 29.3 Å². The van der Waals surface area contributed by atoms with E-state index in [0.717, 1.165) is 38.5 Å². The lowest BCUT2D eigenvalue weighted by Crippen LogP contribution is -2.43. The van der Waals surface area contributed by atoms with Gasteiger partial charge in [-0.3, -0.25) is 4.79 Å². The van der Waals surface area contributed by atoms with E-state index in [1.165, 1.54) is 6.07 Å². The first-order valence-electron chi connectivity index (χ1n) is 9.04.